The van der Waals surface area contributed by atoms with Crippen molar-refractivity contribution in [2.24, 2.45) is 11.7 Å². The highest BCUT2D eigenvalue weighted by atomic mass is 19.1. The van der Waals surface area contributed by atoms with Gasteiger partial charge in [-0.3, -0.25) is 9.78 Å². The molecule has 33 heavy (non-hydrogen) atoms. The molecule has 1 aliphatic carbocycles. The molecule has 0 spiro atoms. The number of anilines is 1. The minimum absolute atomic E-state index is 0.0549. The smallest absolute Gasteiger partial charge is 0.344 e. The number of benzene rings is 1. The fourth-order valence-corrected chi connectivity index (χ4v) is 3.29. The number of pyridine rings is 1. The summed E-state index contributed by atoms with van der Waals surface area (Å²) in [6.45, 7) is 4.38. The van der Waals surface area contributed by atoms with Gasteiger partial charge >= 0.3 is 5.97 Å². The zero-order valence-corrected chi connectivity index (χ0v) is 18.8. The number of amides is 1. The number of rotatable bonds is 9. The molecule has 1 heterocycles. The number of nitrogens with one attached hydrogen (secondary N) is 1. The molecule has 3 rings (SSSR count). The molecule has 1 aromatic heterocycles. The van der Waals surface area contributed by atoms with Crippen LogP contribution in [0.4, 0.5) is 10.1 Å². The summed E-state index contributed by atoms with van der Waals surface area (Å²) >= 11 is 0. The van der Waals surface area contributed by atoms with Gasteiger partial charge in [-0.05, 0) is 65.8 Å². The van der Waals surface area contributed by atoms with Gasteiger partial charge in [-0.15, -0.1) is 0 Å². The number of esters is 1. The maximum absolute atomic E-state index is 13.9. The van der Waals surface area contributed by atoms with Crippen LogP contribution in [0.2, 0.25) is 0 Å². The van der Waals surface area contributed by atoms with Crippen LogP contribution in [-0.2, 0) is 20.8 Å². The van der Waals surface area contributed by atoms with E-state index in [9.17, 15) is 14.0 Å². The van der Waals surface area contributed by atoms with Crippen molar-refractivity contribution in [3.8, 4) is 0 Å². The van der Waals surface area contributed by atoms with Gasteiger partial charge in [0, 0.05) is 18.3 Å². The fraction of sp³-hybridized carbons (Fsp3) is 0.320. The minimum atomic E-state index is -0.613. The first kappa shape index (κ1) is 24.1. The van der Waals surface area contributed by atoms with E-state index in [-0.39, 0.29) is 24.8 Å². The van der Waals surface area contributed by atoms with Crippen LogP contribution >= 0.6 is 0 Å². The lowest BCUT2D eigenvalue weighted by molar-refractivity contribution is -0.148. The first-order valence-corrected chi connectivity index (χ1v) is 10.8. The second-order valence-electron chi connectivity index (χ2n) is 8.07. The number of hydrogen-bond donors (Lipinski definition) is 2. The molecule has 0 radical (unpaired) electrons. The van der Waals surface area contributed by atoms with Crippen LogP contribution in [0, 0.1) is 11.7 Å². The Kier molecular flexibility index (Phi) is 8.32. The number of hydrogen-bond acceptors (Lipinski definition) is 6. The van der Waals surface area contributed by atoms with Crippen LogP contribution in [-0.4, -0.2) is 30.1 Å². The summed E-state index contributed by atoms with van der Waals surface area (Å²) in [5.74, 6) is -0.660. The van der Waals surface area contributed by atoms with Gasteiger partial charge in [0.1, 0.15) is 5.76 Å². The third kappa shape index (κ3) is 6.73. The Bertz CT molecular complexity index is 1080. The van der Waals surface area contributed by atoms with Crippen LogP contribution in [0.1, 0.15) is 48.2 Å². The van der Waals surface area contributed by atoms with Crippen LogP contribution in [0.3, 0.4) is 0 Å². The first-order chi connectivity index (χ1) is 15.9. The highest BCUT2D eigenvalue weighted by Crippen LogP contribution is 2.30. The zero-order valence-electron chi connectivity index (χ0n) is 18.8. The predicted octanol–water partition coefficient (Wildman–Crippen LogP) is 4.21. The van der Waals surface area contributed by atoms with Crippen LogP contribution in [0.15, 0.2) is 54.6 Å². The third-order valence-corrected chi connectivity index (χ3v) is 4.97. The van der Waals surface area contributed by atoms with Crippen LogP contribution in [0.25, 0.3) is 5.57 Å². The van der Waals surface area contributed by atoms with Crippen molar-refractivity contribution in [2.75, 3.05) is 18.5 Å². The van der Waals surface area contributed by atoms with Crippen molar-refractivity contribution in [2.45, 2.75) is 33.2 Å². The molecule has 1 amide bonds. The summed E-state index contributed by atoms with van der Waals surface area (Å²) in [6.07, 6.45) is 7.63. The predicted molar refractivity (Wildman–Crippen MR) is 124 cm³/mol. The number of carbonyl (C=O) groups is 2. The summed E-state index contributed by atoms with van der Waals surface area (Å²) in [4.78, 5) is 28.2. The number of nitrogens with two attached hydrogens (primary N) is 1. The summed E-state index contributed by atoms with van der Waals surface area (Å²) in [6, 6.07) is 6.58. The van der Waals surface area contributed by atoms with Gasteiger partial charge in [-0.2, -0.15) is 0 Å². The molecular formula is C25H28FN3O4. The molecule has 0 atom stereocenters. The Morgan fingerprint density at radius 3 is 2.82 bits per heavy atom. The molecule has 3 N–H and O–H groups in total. The highest BCUT2D eigenvalue weighted by molar-refractivity contribution is 6.05. The van der Waals surface area contributed by atoms with E-state index in [4.69, 9.17) is 15.2 Å². The molecule has 0 aliphatic heterocycles. The van der Waals surface area contributed by atoms with Crippen molar-refractivity contribution < 1.29 is 23.5 Å². The number of aromatic nitrogens is 1. The third-order valence-electron chi connectivity index (χ3n) is 4.97. The maximum atomic E-state index is 13.9. The molecule has 0 saturated carbocycles. The van der Waals surface area contributed by atoms with Crippen LogP contribution in [0.5, 0.6) is 0 Å². The number of halogens is 1. The molecule has 0 unspecified atom stereocenters. The SMILES string of the molecule is CC(C)COC(=O)COC1=CCCC(c2cc(C(=O)Nc3ccncc3F)ccc2CN)=C1. The van der Waals surface area contributed by atoms with E-state index >= 15 is 0 Å². The minimum Gasteiger partial charge on any atom is -0.482 e. The van der Waals surface area contributed by atoms with Crippen molar-refractivity contribution in [1.29, 1.82) is 0 Å². The van der Waals surface area contributed by atoms with Gasteiger partial charge in [0.2, 0.25) is 0 Å². The Labute approximate surface area is 192 Å². The second-order valence-corrected chi connectivity index (χ2v) is 8.07. The van der Waals surface area contributed by atoms with Gasteiger partial charge in [-0.1, -0.05) is 19.9 Å². The average Bonchev–Trinajstić information content (AvgIpc) is 2.82. The Hall–Kier alpha value is -3.52. The quantitative estimate of drug-likeness (QED) is 0.552. The van der Waals surface area contributed by atoms with E-state index < -0.39 is 17.7 Å². The van der Waals surface area contributed by atoms with E-state index in [1.165, 1.54) is 12.3 Å². The number of carbonyl (C=O) groups excluding carboxylic acids is 2. The van der Waals surface area contributed by atoms with Crippen LogP contribution < -0.4 is 11.1 Å². The summed E-state index contributed by atoms with van der Waals surface area (Å²) in [7, 11) is 0. The molecule has 1 aromatic carbocycles. The number of ether oxygens (including phenoxy) is 2. The molecule has 2 aromatic rings. The largest absolute Gasteiger partial charge is 0.482 e. The van der Waals surface area contributed by atoms with E-state index in [0.717, 1.165) is 29.3 Å². The first-order valence-electron chi connectivity index (χ1n) is 10.8. The number of allylic oxidation sites excluding steroid dienone is 3. The molecule has 174 valence electrons. The molecule has 7 nitrogen and oxygen atoms in total. The highest BCUT2D eigenvalue weighted by Gasteiger charge is 2.17. The Balaban J connectivity index is 1.75. The van der Waals surface area contributed by atoms with Gasteiger partial charge in [0.15, 0.2) is 12.4 Å². The maximum Gasteiger partial charge on any atom is 0.344 e. The molecule has 1 aliphatic rings. The monoisotopic (exact) mass is 453 g/mol. The Morgan fingerprint density at radius 1 is 1.27 bits per heavy atom. The van der Waals surface area contributed by atoms with Crippen molar-refractivity contribution >= 4 is 23.1 Å². The lowest BCUT2D eigenvalue weighted by Crippen LogP contribution is -2.16. The van der Waals surface area contributed by atoms with Gasteiger partial charge in [-0.25, -0.2) is 9.18 Å². The van der Waals surface area contributed by atoms with Crippen molar-refractivity contribution in [1.82, 2.24) is 4.98 Å². The van der Waals surface area contributed by atoms with Crippen molar-refractivity contribution in [3.05, 3.63) is 77.1 Å². The van der Waals surface area contributed by atoms with Crippen molar-refractivity contribution in [3.63, 3.8) is 0 Å². The Morgan fingerprint density at radius 2 is 2.09 bits per heavy atom. The van der Waals surface area contributed by atoms with E-state index in [2.05, 4.69) is 10.3 Å². The van der Waals surface area contributed by atoms with Gasteiger partial charge in [0.05, 0.1) is 18.5 Å². The average molecular weight is 454 g/mol. The van der Waals surface area contributed by atoms with E-state index in [1.807, 2.05) is 26.0 Å². The van der Waals surface area contributed by atoms with E-state index in [1.54, 1.807) is 18.2 Å². The molecule has 8 heteroatoms. The summed E-state index contributed by atoms with van der Waals surface area (Å²) in [5, 5.41) is 2.56. The van der Waals surface area contributed by atoms with E-state index in [0.29, 0.717) is 24.4 Å². The lowest BCUT2D eigenvalue weighted by atomic mass is 9.91. The zero-order chi connectivity index (χ0) is 23.8. The topological polar surface area (TPSA) is 104 Å². The van der Waals surface area contributed by atoms with Gasteiger partial charge < -0.3 is 20.5 Å². The molecular weight excluding hydrogens is 425 g/mol. The standard InChI is InChI=1S/C25H28FN3O4/c1-16(2)14-33-24(30)15-32-20-5-3-4-17(10-20)21-11-18(6-7-19(21)12-27)25(31)29-23-8-9-28-13-22(23)26/h5-11,13,16H,3-4,12,14-15,27H2,1-2H3,(H,28,29,31). The normalized spacial score (nSPS) is 13.2. The molecule has 0 saturated heterocycles. The number of nitrogens with zero attached hydrogens (tertiary/aromatic N) is 1. The molecule has 0 fully saturated rings. The molecule has 0 bridgehead atoms. The van der Waals surface area contributed by atoms with Gasteiger partial charge in [0.25, 0.3) is 5.91 Å². The lowest BCUT2D eigenvalue weighted by Gasteiger charge is -2.18. The summed E-state index contributed by atoms with van der Waals surface area (Å²) < 4.78 is 24.6. The summed E-state index contributed by atoms with van der Waals surface area (Å²) in [5.41, 5.74) is 8.97. The second kappa shape index (κ2) is 11.4. The fourth-order valence-electron chi connectivity index (χ4n) is 3.29.